The van der Waals surface area contributed by atoms with Crippen molar-refractivity contribution in [3.05, 3.63) is 58.0 Å². The largest absolute Gasteiger partial charge is 0.473 e. The number of hydrogen-bond donors (Lipinski definition) is 2. The topological polar surface area (TPSA) is 67.4 Å². The van der Waals surface area contributed by atoms with Crippen LogP contribution in [0.1, 0.15) is 25.6 Å². The molecule has 5 nitrogen and oxygen atoms in total. The van der Waals surface area contributed by atoms with Gasteiger partial charge in [0.05, 0.1) is 16.7 Å². The fourth-order valence-electron chi connectivity index (χ4n) is 2.65. The van der Waals surface area contributed by atoms with E-state index in [-0.39, 0.29) is 11.6 Å². The zero-order valence-corrected chi connectivity index (χ0v) is 15.7. The summed E-state index contributed by atoms with van der Waals surface area (Å²) in [6, 6.07) is 6.41. The van der Waals surface area contributed by atoms with Crippen LogP contribution in [0, 0.1) is 17.0 Å². The molecule has 1 aliphatic rings. The number of amides is 2. The standard InChI is InChI=1S/C19H18F2N2O3S/c1-10-15(14-5-4-8-27-14)16(24)23-18(26-10)19(2,3)17(25)22-13-9-11(20)6-7-12(13)21/h4-9,18H,1-3H3,(H,22,25)(H,23,24). The average Bonchev–Trinajstić information content (AvgIpc) is 3.11. The van der Waals surface area contributed by atoms with E-state index in [2.05, 4.69) is 10.6 Å². The number of carbonyl (C=O) groups excluding carboxylic acids is 2. The number of carbonyl (C=O) groups is 2. The van der Waals surface area contributed by atoms with Gasteiger partial charge in [-0.15, -0.1) is 11.3 Å². The lowest BCUT2D eigenvalue weighted by atomic mass is 9.88. The van der Waals surface area contributed by atoms with Crippen molar-refractivity contribution in [3.63, 3.8) is 0 Å². The van der Waals surface area contributed by atoms with Crippen molar-refractivity contribution in [2.45, 2.75) is 27.0 Å². The van der Waals surface area contributed by atoms with Crippen LogP contribution in [0.25, 0.3) is 5.57 Å². The Kier molecular flexibility index (Phi) is 5.01. The molecule has 0 aliphatic carbocycles. The maximum atomic E-state index is 13.8. The van der Waals surface area contributed by atoms with E-state index in [4.69, 9.17) is 4.74 Å². The second kappa shape index (κ2) is 7.11. The van der Waals surface area contributed by atoms with Crippen LogP contribution in [-0.4, -0.2) is 18.0 Å². The molecule has 2 amide bonds. The molecule has 0 spiro atoms. The van der Waals surface area contributed by atoms with Crippen LogP contribution in [0.15, 0.2) is 41.5 Å². The molecule has 142 valence electrons. The molecular formula is C19H18F2N2O3S. The van der Waals surface area contributed by atoms with Gasteiger partial charge in [0, 0.05) is 10.9 Å². The Morgan fingerprint density at radius 3 is 2.67 bits per heavy atom. The lowest BCUT2D eigenvalue weighted by Gasteiger charge is -2.37. The Morgan fingerprint density at radius 2 is 2.04 bits per heavy atom. The van der Waals surface area contributed by atoms with E-state index in [9.17, 15) is 18.4 Å². The van der Waals surface area contributed by atoms with Gasteiger partial charge in [-0.25, -0.2) is 8.78 Å². The highest BCUT2D eigenvalue weighted by molar-refractivity contribution is 7.11. The van der Waals surface area contributed by atoms with Crippen LogP contribution in [0.5, 0.6) is 0 Å². The number of hydrogen-bond acceptors (Lipinski definition) is 4. The molecule has 3 rings (SSSR count). The van der Waals surface area contributed by atoms with Gasteiger partial charge < -0.3 is 15.4 Å². The molecule has 0 bridgehead atoms. The van der Waals surface area contributed by atoms with Crippen molar-refractivity contribution in [1.29, 1.82) is 0 Å². The predicted molar refractivity (Wildman–Crippen MR) is 98.7 cm³/mol. The number of halogens is 2. The highest BCUT2D eigenvalue weighted by Gasteiger charge is 2.43. The smallest absolute Gasteiger partial charge is 0.258 e. The van der Waals surface area contributed by atoms with E-state index in [1.54, 1.807) is 26.8 Å². The van der Waals surface area contributed by atoms with Gasteiger partial charge in [0.2, 0.25) is 5.91 Å². The summed E-state index contributed by atoms with van der Waals surface area (Å²) in [5, 5.41) is 6.88. The molecule has 0 saturated carbocycles. The first kappa shape index (κ1) is 19.0. The summed E-state index contributed by atoms with van der Waals surface area (Å²) in [6.45, 7) is 4.75. The fraction of sp³-hybridized carbons (Fsp3) is 0.263. The molecule has 2 heterocycles. The van der Waals surface area contributed by atoms with Gasteiger partial charge in [0.1, 0.15) is 17.4 Å². The molecule has 27 heavy (non-hydrogen) atoms. The third-order valence-corrected chi connectivity index (χ3v) is 5.21. The highest BCUT2D eigenvalue weighted by atomic mass is 32.1. The first-order chi connectivity index (χ1) is 12.7. The second-order valence-electron chi connectivity index (χ2n) is 6.68. The molecule has 2 aromatic rings. The number of anilines is 1. The normalized spacial score (nSPS) is 17.4. The number of allylic oxidation sites excluding steroid dienone is 1. The summed E-state index contributed by atoms with van der Waals surface area (Å²) in [5.74, 6) is -2.02. The number of benzene rings is 1. The predicted octanol–water partition coefficient (Wildman–Crippen LogP) is 3.89. The molecule has 0 saturated heterocycles. The number of nitrogens with one attached hydrogen (secondary N) is 2. The molecule has 1 aliphatic heterocycles. The third-order valence-electron chi connectivity index (χ3n) is 4.32. The van der Waals surface area contributed by atoms with Gasteiger partial charge in [-0.2, -0.15) is 0 Å². The van der Waals surface area contributed by atoms with Crippen LogP contribution >= 0.6 is 11.3 Å². The first-order valence-corrected chi connectivity index (χ1v) is 9.07. The van der Waals surface area contributed by atoms with Gasteiger partial charge in [0.25, 0.3) is 5.91 Å². The average molecular weight is 392 g/mol. The van der Waals surface area contributed by atoms with Crippen molar-refractivity contribution < 1.29 is 23.1 Å². The van der Waals surface area contributed by atoms with Crippen molar-refractivity contribution in [3.8, 4) is 0 Å². The molecule has 1 aromatic carbocycles. The summed E-state index contributed by atoms with van der Waals surface area (Å²) in [5.41, 5.74) is -1.12. The van der Waals surface area contributed by atoms with E-state index in [1.165, 1.54) is 11.3 Å². The minimum atomic E-state index is -1.25. The summed E-state index contributed by atoms with van der Waals surface area (Å²) >= 11 is 1.40. The molecule has 8 heteroatoms. The van der Waals surface area contributed by atoms with Gasteiger partial charge in [-0.05, 0) is 44.4 Å². The van der Waals surface area contributed by atoms with E-state index in [0.717, 1.165) is 23.1 Å². The van der Waals surface area contributed by atoms with Gasteiger partial charge >= 0.3 is 0 Å². The Balaban J connectivity index is 1.82. The van der Waals surface area contributed by atoms with Crippen molar-refractivity contribution >= 4 is 34.4 Å². The van der Waals surface area contributed by atoms with Gasteiger partial charge in [-0.1, -0.05) is 6.07 Å². The number of thiophene rings is 1. The fourth-order valence-corrected chi connectivity index (χ4v) is 3.46. The van der Waals surface area contributed by atoms with Crippen LogP contribution in [0.3, 0.4) is 0 Å². The van der Waals surface area contributed by atoms with E-state index in [0.29, 0.717) is 11.3 Å². The summed E-state index contributed by atoms with van der Waals surface area (Å²) < 4.78 is 32.9. The van der Waals surface area contributed by atoms with Crippen LogP contribution in [-0.2, 0) is 14.3 Å². The Labute approximate surface area is 159 Å². The first-order valence-electron chi connectivity index (χ1n) is 8.19. The van der Waals surface area contributed by atoms with E-state index < -0.39 is 29.2 Å². The lowest BCUT2D eigenvalue weighted by Crippen LogP contribution is -2.54. The number of ether oxygens (including phenoxy) is 1. The second-order valence-corrected chi connectivity index (χ2v) is 7.63. The van der Waals surface area contributed by atoms with E-state index in [1.807, 2.05) is 11.4 Å². The molecule has 1 atom stereocenters. The molecule has 1 unspecified atom stereocenters. The van der Waals surface area contributed by atoms with Crippen LogP contribution in [0.2, 0.25) is 0 Å². The molecular weight excluding hydrogens is 374 g/mol. The van der Waals surface area contributed by atoms with Crippen LogP contribution in [0.4, 0.5) is 14.5 Å². The quantitative estimate of drug-likeness (QED) is 0.829. The van der Waals surface area contributed by atoms with Gasteiger partial charge in [0.15, 0.2) is 6.23 Å². The van der Waals surface area contributed by atoms with Crippen molar-refractivity contribution in [2.24, 2.45) is 5.41 Å². The Bertz CT molecular complexity index is 923. The lowest BCUT2D eigenvalue weighted by molar-refractivity contribution is -0.137. The number of rotatable bonds is 4. The van der Waals surface area contributed by atoms with Crippen LogP contribution < -0.4 is 10.6 Å². The van der Waals surface area contributed by atoms with Crippen molar-refractivity contribution in [2.75, 3.05) is 5.32 Å². The summed E-state index contributed by atoms with van der Waals surface area (Å²) in [6.07, 6.45) is -0.967. The summed E-state index contributed by atoms with van der Waals surface area (Å²) in [4.78, 5) is 26.0. The molecule has 2 N–H and O–H groups in total. The molecule has 0 fully saturated rings. The zero-order chi connectivity index (χ0) is 19.8. The van der Waals surface area contributed by atoms with Crippen molar-refractivity contribution in [1.82, 2.24) is 5.32 Å². The maximum Gasteiger partial charge on any atom is 0.258 e. The monoisotopic (exact) mass is 392 g/mol. The molecule has 1 aromatic heterocycles. The van der Waals surface area contributed by atoms with E-state index >= 15 is 0 Å². The maximum absolute atomic E-state index is 13.8. The minimum absolute atomic E-state index is 0.276. The summed E-state index contributed by atoms with van der Waals surface area (Å²) in [7, 11) is 0. The highest BCUT2D eigenvalue weighted by Crippen LogP contribution is 2.33. The van der Waals surface area contributed by atoms with Gasteiger partial charge in [-0.3, -0.25) is 9.59 Å². The SMILES string of the molecule is CC1=C(c2cccs2)C(=O)NC(C(C)(C)C(=O)Nc2cc(F)ccc2F)O1. The minimum Gasteiger partial charge on any atom is -0.473 e. The Hall–Kier alpha value is -2.74. The Morgan fingerprint density at radius 1 is 1.30 bits per heavy atom. The molecule has 0 radical (unpaired) electrons. The zero-order valence-electron chi connectivity index (χ0n) is 14.9. The third kappa shape index (κ3) is 3.71.